The van der Waals surface area contributed by atoms with Gasteiger partial charge in [-0.15, -0.1) is 0 Å². The molecule has 1 aromatic rings. The van der Waals surface area contributed by atoms with Gasteiger partial charge in [0, 0.05) is 44.9 Å². The number of likely N-dealkylation sites (tertiary alicyclic amines) is 1. The Bertz CT molecular complexity index is 702. The van der Waals surface area contributed by atoms with Crippen molar-refractivity contribution in [2.24, 2.45) is 10.9 Å². The molecule has 1 N–H and O–H groups in total. The molecule has 7 heteroatoms. The van der Waals surface area contributed by atoms with Crippen LogP contribution in [-0.2, 0) is 16.0 Å². The lowest BCUT2D eigenvalue weighted by atomic mass is 9.96. The van der Waals surface area contributed by atoms with Gasteiger partial charge in [0.1, 0.15) is 6.10 Å². The smallest absolute Gasteiger partial charge is 0.193 e. The average Bonchev–Trinajstić information content (AvgIpc) is 3.32. The summed E-state index contributed by atoms with van der Waals surface area (Å²) in [7, 11) is 1.88. The SMILES string of the molecule is CN=C(NCC1CCN(Cc2ccccc2Cl)CC1)N1CCOC(C2CCCO2)C1. The molecule has 2 unspecified atom stereocenters. The predicted octanol–water partition coefficient (Wildman–Crippen LogP) is 3.01. The van der Waals surface area contributed by atoms with Crippen LogP contribution in [0.2, 0.25) is 5.02 Å². The van der Waals surface area contributed by atoms with E-state index >= 15 is 0 Å². The molecule has 1 aromatic carbocycles. The van der Waals surface area contributed by atoms with Crippen LogP contribution in [0, 0.1) is 5.92 Å². The lowest BCUT2D eigenvalue weighted by Crippen LogP contribution is -2.54. The highest BCUT2D eigenvalue weighted by Gasteiger charge is 2.32. The van der Waals surface area contributed by atoms with E-state index in [-0.39, 0.29) is 12.2 Å². The largest absolute Gasteiger partial charge is 0.375 e. The van der Waals surface area contributed by atoms with Gasteiger partial charge in [0.15, 0.2) is 5.96 Å². The fraction of sp³-hybridized carbons (Fsp3) is 0.696. The average molecular weight is 435 g/mol. The molecule has 166 valence electrons. The molecule has 2 atom stereocenters. The maximum atomic E-state index is 6.33. The van der Waals surface area contributed by atoms with E-state index in [4.69, 9.17) is 21.1 Å². The summed E-state index contributed by atoms with van der Waals surface area (Å²) in [5.41, 5.74) is 1.23. The van der Waals surface area contributed by atoms with Crippen molar-refractivity contribution in [1.29, 1.82) is 0 Å². The number of ether oxygens (including phenoxy) is 2. The fourth-order valence-electron chi connectivity index (χ4n) is 4.77. The first kappa shape index (κ1) is 21.9. The highest BCUT2D eigenvalue weighted by Crippen LogP contribution is 2.23. The highest BCUT2D eigenvalue weighted by atomic mass is 35.5. The van der Waals surface area contributed by atoms with Crippen LogP contribution in [0.4, 0.5) is 0 Å². The third-order valence-corrected chi connectivity index (χ3v) is 6.96. The molecule has 3 aliphatic rings. The lowest BCUT2D eigenvalue weighted by molar-refractivity contribution is -0.0817. The number of hydrogen-bond acceptors (Lipinski definition) is 4. The van der Waals surface area contributed by atoms with Crippen LogP contribution in [0.25, 0.3) is 0 Å². The fourth-order valence-corrected chi connectivity index (χ4v) is 4.97. The number of halogens is 1. The van der Waals surface area contributed by atoms with Crippen molar-refractivity contribution in [3.05, 3.63) is 34.9 Å². The van der Waals surface area contributed by atoms with E-state index in [1.54, 1.807) is 0 Å². The second-order valence-electron chi connectivity index (χ2n) is 8.65. The maximum absolute atomic E-state index is 6.33. The number of aliphatic imine (C=N–C) groups is 1. The lowest BCUT2D eigenvalue weighted by Gasteiger charge is -2.38. The van der Waals surface area contributed by atoms with Crippen LogP contribution < -0.4 is 5.32 Å². The summed E-state index contributed by atoms with van der Waals surface area (Å²) in [4.78, 5) is 9.40. The molecule has 0 radical (unpaired) electrons. The molecule has 0 saturated carbocycles. The molecule has 30 heavy (non-hydrogen) atoms. The minimum Gasteiger partial charge on any atom is -0.375 e. The van der Waals surface area contributed by atoms with Crippen LogP contribution in [-0.4, -0.2) is 81.0 Å². The number of nitrogens with one attached hydrogen (secondary N) is 1. The van der Waals surface area contributed by atoms with Gasteiger partial charge in [0.2, 0.25) is 0 Å². The number of piperidine rings is 1. The van der Waals surface area contributed by atoms with Crippen molar-refractivity contribution in [3.63, 3.8) is 0 Å². The van der Waals surface area contributed by atoms with Gasteiger partial charge >= 0.3 is 0 Å². The quantitative estimate of drug-likeness (QED) is 0.570. The number of morpholine rings is 1. The van der Waals surface area contributed by atoms with Gasteiger partial charge in [-0.05, 0) is 56.3 Å². The zero-order valence-corrected chi connectivity index (χ0v) is 18.8. The Balaban J connectivity index is 1.21. The summed E-state index contributed by atoms with van der Waals surface area (Å²) in [5.74, 6) is 1.68. The molecule has 0 aromatic heterocycles. The Morgan fingerprint density at radius 2 is 1.90 bits per heavy atom. The third kappa shape index (κ3) is 5.67. The van der Waals surface area contributed by atoms with E-state index in [2.05, 4.69) is 32.2 Å². The summed E-state index contributed by atoms with van der Waals surface area (Å²) in [5, 5.41) is 4.51. The minimum atomic E-state index is 0.160. The molecule has 6 nitrogen and oxygen atoms in total. The molecule has 3 fully saturated rings. The Kier molecular flexibility index (Phi) is 7.88. The van der Waals surface area contributed by atoms with Crippen molar-refractivity contribution in [2.75, 3.05) is 53.0 Å². The first-order chi connectivity index (χ1) is 14.7. The van der Waals surface area contributed by atoms with Crippen LogP contribution >= 0.6 is 11.6 Å². The van der Waals surface area contributed by atoms with Gasteiger partial charge < -0.3 is 19.7 Å². The molecule has 3 saturated heterocycles. The van der Waals surface area contributed by atoms with Gasteiger partial charge in [-0.3, -0.25) is 9.89 Å². The molecule has 4 rings (SSSR count). The normalized spacial score (nSPS) is 26.9. The molecule has 0 amide bonds. The van der Waals surface area contributed by atoms with E-state index in [9.17, 15) is 0 Å². The summed E-state index contributed by atoms with van der Waals surface area (Å²) in [6.45, 7) is 7.52. The standard InChI is InChI=1S/C23H35ClN4O2/c1-25-23(28-12-14-30-22(17-28)21-7-4-13-29-21)26-15-18-8-10-27(11-9-18)16-19-5-2-3-6-20(19)24/h2-3,5-6,18,21-22H,4,7-17H2,1H3,(H,25,26). The third-order valence-electron chi connectivity index (χ3n) is 6.59. The predicted molar refractivity (Wildman–Crippen MR) is 121 cm³/mol. The van der Waals surface area contributed by atoms with Crippen LogP contribution in [0.15, 0.2) is 29.3 Å². The number of guanidine groups is 1. The number of hydrogen-bond donors (Lipinski definition) is 1. The first-order valence-corrected chi connectivity index (χ1v) is 11.8. The van der Waals surface area contributed by atoms with E-state index in [1.807, 2.05) is 19.2 Å². The second kappa shape index (κ2) is 10.8. The van der Waals surface area contributed by atoms with Gasteiger partial charge in [-0.25, -0.2) is 0 Å². The monoisotopic (exact) mass is 434 g/mol. The molecular weight excluding hydrogens is 400 g/mol. The van der Waals surface area contributed by atoms with Crippen molar-refractivity contribution in [2.45, 2.75) is 44.4 Å². The zero-order valence-electron chi connectivity index (χ0n) is 18.1. The molecule has 0 aliphatic carbocycles. The Morgan fingerprint density at radius 3 is 2.63 bits per heavy atom. The number of nitrogens with zero attached hydrogens (tertiary/aromatic N) is 3. The summed E-state index contributed by atoms with van der Waals surface area (Å²) >= 11 is 6.33. The molecule has 0 spiro atoms. The van der Waals surface area contributed by atoms with Crippen molar-refractivity contribution in [1.82, 2.24) is 15.1 Å². The molecule has 0 bridgehead atoms. The number of rotatable bonds is 5. The second-order valence-corrected chi connectivity index (χ2v) is 9.05. The Morgan fingerprint density at radius 1 is 1.10 bits per heavy atom. The summed E-state index contributed by atoms with van der Waals surface area (Å²) in [6.07, 6.45) is 5.07. The van der Waals surface area contributed by atoms with Crippen molar-refractivity contribution >= 4 is 17.6 Å². The van der Waals surface area contributed by atoms with Gasteiger partial charge in [0.25, 0.3) is 0 Å². The van der Waals surface area contributed by atoms with Gasteiger partial charge in [-0.2, -0.15) is 0 Å². The minimum absolute atomic E-state index is 0.160. The number of benzene rings is 1. The topological polar surface area (TPSA) is 49.3 Å². The zero-order chi connectivity index (χ0) is 20.8. The molecule has 3 aliphatic heterocycles. The van der Waals surface area contributed by atoms with E-state index in [0.29, 0.717) is 5.92 Å². The molecule has 3 heterocycles. The van der Waals surface area contributed by atoms with Crippen molar-refractivity contribution < 1.29 is 9.47 Å². The van der Waals surface area contributed by atoms with Crippen LogP contribution in [0.3, 0.4) is 0 Å². The summed E-state index contributed by atoms with van der Waals surface area (Å²) < 4.78 is 11.8. The maximum Gasteiger partial charge on any atom is 0.193 e. The van der Waals surface area contributed by atoms with Gasteiger partial charge in [-0.1, -0.05) is 29.8 Å². The highest BCUT2D eigenvalue weighted by molar-refractivity contribution is 6.31. The van der Waals surface area contributed by atoms with E-state index in [0.717, 1.165) is 76.3 Å². The Hall–Kier alpha value is -1.34. The van der Waals surface area contributed by atoms with E-state index in [1.165, 1.54) is 18.4 Å². The Labute approximate surface area is 185 Å². The van der Waals surface area contributed by atoms with Crippen LogP contribution in [0.5, 0.6) is 0 Å². The van der Waals surface area contributed by atoms with Crippen LogP contribution in [0.1, 0.15) is 31.2 Å². The first-order valence-electron chi connectivity index (χ1n) is 11.4. The van der Waals surface area contributed by atoms with E-state index < -0.39 is 0 Å². The summed E-state index contributed by atoms with van der Waals surface area (Å²) in [6, 6.07) is 8.17. The van der Waals surface area contributed by atoms with Gasteiger partial charge in [0.05, 0.1) is 12.7 Å². The van der Waals surface area contributed by atoms with Crippen molar-refractivity contribution in [3.8, 4) is 0 Å². The molecular formula is C23H35ClN4O2.